The average Bonchev–Trinajstić information content (AvgIpc) is 2.05. The van der Waals surface area contributed by atoms with E-state index in [-0.39, 0.29) is 0 Å². The molecule has 0 fully saturated rings. The zero-order chi connectivity index (χ0) is 9.14. The number of methoxy groups -OCH3 is 1. The van der Waals surface area contributed by atoms with Crippen molar-refractivity contribution in [2.24, 2.45) is 0 Å². The minimum atomic E-state index is -1.43. The van der Waals surface area contributed by atoms with Gasteiger partial charge in [0.05, 0.1) is 10.7 Å². The Bertz CT molecular complexity index is 277. The van der Waals surface area contributed by atoms with Crippen molar-refractivity contribution in [1.82, 2.24) is 0 Å². The van der Waals surface area contributed by atoms with Gasteiger partial charge in [-0.1, -0.05) is 6.07 Å². The lowest BCUT2D eigenvalue weighted by Crippen LogP contribution is -2.29. The molecule has 2 N–H and O–H groups in total. The summed E-state index contributed by atoms with van der Waals surface area (Å²) in [5, 5.41) is 17.7. The molecule has 0 unspecified atom stereocenters. The molecule has 1 aromatic rings. The highest BCUT2D eigenvalue weighted by Crippen LogP contribution is 2.17. The normalized spacial score (nSPS) is 9.67. The number of rotatable bonds is 2. The highest BCUT2D eigenvalue weighted by molar-refractivity contribution is 14.1. The third kappa shape index (κ3) is 2.12. The van der Waals surface area contributed by atoms with Gasteiger partial charge in [-0.25, -0.2) is 0 Å². The topological polar surface area (TPSA) is 49.7 Å². The van der Waals surface area contributed by atoms with Crippen molar-refractivity contribution >= 4 is 35.2 Å². The van der Waals surface area contributed by atoms with Crippen LogP contribution in [0, 0.1) is 3.57 Å². The minimum Gasteiger partial charge on any atom is -0.496 e. The summed E-state index contributed by atoms with van der Waals surface area (Å²) in [6.07, 6.45) is 0. The first-order valence-electron chi connectivity index (χ1n) is 3.34. The first kappa shape index (κ1) is 9.82. The number of halogens is 1. The Labute approximate surface area is 84.7 Å². The second-order valence-corrected chi connectivity index (χ2v) is 3.43. The molecule has 0 aliphatic carbocycles. The lowest BCUT2D eigenvalue weighted by atomic mass is 9.80. The fourth-order valence-corrected chi connectivity index (χ4v) is 1.39. The van der Waals surface area contributed by atoms with E-state index in [1.807, 2.05) is 0 Å². The van der Waals surface area contributed by atoms with Crippen LogP contribution in [0.2, 0.25) is 0 Å². The van der Waals surface area contributed by atoms with Crippen LogP contribution in [-0.2, 0) is 0 Å². The Morgan fingerprint density at radius 3 is 2.58 bits per heavy atom. The number of hydrogen-bond donors (Lipinski definition) is 2. The summed E-state index contributed by atoms with van der Waals surface area (Å²) in [5.41, 5.74) is 0.437. The molecule has 1 aromatic carbocycles. The van der Waals surface area contributed by atoms with Crippen LogP contribution in [0.4, 0.5) is 0 Å². The molecule has 0 aliphatic rings. The smallest absolute Gasteiger partial charge is 0.488 e. The molecular formula is C7H8BIO3. The third-order valence-corrected chi connectivity index (χ3v) is 2.36. The van der Waals surface area contributed by atoms with Crippen molar-refractivity contribution in [2.45, 2.75) is 0 Å². The predicted molar refractivity (Wildman–Crippen MR) is 55.5 cm³/mol. The Kier molecular flexibility index (Phi) is 3.36. The van der Waals surface area contributed by atoms with Crippen LogP contribution in [-0.4, -0.2) is 24.3 Å². The first-order chi connectivity index (χ1) is 5.65. The summed E-state index contributed by atoms with van der Waals surface area (Å²) in [7, 11) is 0.112. The van der Waals surface area contributed by atoms with E-state index in [2.05, 4.69) is 22.6 Å². The molecule has 0 saturated heterocycles. The highest BCUT2D eigenvalue weighted by atomic mass is 127. The van der Waals surface area contributed by atoms with Gasteiger partial charge in [0.25, 0.3) is 0 Å². The molecule has 1 rings (SSSR count). The second-order valence-electron chi connectivity index (χ2n) is 2.27. The van der Waals surface area contributed by atoms with Crippen LogP contribution in [0.5, 0.6) is 5.75 Å². The van der Waals surface area contributed by atoms with Crippen molar-refractivity contribution in [3.05, 3.63) is 21.8 Å². The van der Waals surface area contributed by atoms with Crippen LogP contribution in [0.3, 0.4) is 0 Å². The molecular weight excluding hydrogens is 270 g/mol. The molecule has 0 spiro atoms. The largest absolute Gasteiger partial charge is 0.496 e. The molecule has 0 amide bonds. The average molecular weight is 278 g/mol. The number of hydrogen-bond acceptors (Lipinski definition) is 3. The van der Waals surface area contributed by atoms with Crippen LogP contribution in [0.1, 0.15) is 0 Å². The van der Waals surface area contributed by atoms with Crippen molar-refractivity contribution in [3.63, 3.8) is 0 Å². The van der Waals surface area contributed by atoms with Crippen molar-refractivity contribution < 1.29 is 14.8 Å². The van der Waals surface area contributed by atoms with Gasteiger partial charge in [0, 0.05) is 0 Å². The van der Waals surface area contributed by atoms with Gasteiger partial charge in [0.15, 0.2) is 0 Å². The van der Waals surface area contributed by atoms with E-state index in [0.29, 0.717) is 11.2 Å². The molecule has 3 nitrogen and oxygen atoms in total. The van der Waals surface area contributed by atoms with Gasteiger partial charge in [-0.05, 0) is 40.2 Å². The Balaban J connectivity index is 3.05. The molecule has 5 heteroatoms. The quantitative estimate of drug-likeness (QED) is 0.590. The van der Waals surface area contributed by atoms with Crippen molar-refractivity contribution in [2.75, 3.05) is 7.11 Å². The van der Waals surface area contributed by atoms with Gasteiger partial charge in [0.1, 0.15) is 5.75 Å². The maximum Gasteiger partial charge on any atom is 0.488 e. The Hall–Kier alpha value is -0.265. The number of ether oxygens (including phenoxy) is 1. The van der Waals surface area contributed by atoms with Crippen molar-refractivity contribution in [3.8, 4) is 5.75 Å². The molecule has 0 saturated carbocycles. The first-order valence-corrected chi connectivity index (χ1v) is 4.42. The SMILES string of the molecule is COc1cc(B(O)O)ccc1I. The van der Waals surface area contributed by atoms with E-state index in [1.165, 1.54) is 0 Å². The predicted octanol–water partition coefficient (Wildman–Crippen LogP) is -0.0204. The monoisotopic (exact) mass is 278 g/mol. The van der Waals surface area contributed by atoms with E-state index in [4.69, 9.17) is 14.8 Å². The molecule has 0 aromatic heterocycles. The highest BCUT2D eigenvalue weighted by Gasteiger charge is 2.12. The lowest BCUT2D eigenvalue weighted by Gasteiger charge is -2.05. The van der Waals surface area contributed by atoms with E-state index in [0.717, 1.165) is 3.57 Å². The second kappa shape index (κ2) is 4.11. The standard InChI is InChI=1S/C7H8BIO3/c1-12-7-4-5(8(10)11)2-3-6(7)9/h2-4,10-11H,1H3. The molecule has 0 bridgehead atoms. The molecule has 0 radical (unpaired) electrons. The summed E-state index contributed by atoms with van der Waals surface area (Å²) >= 11 is 2.11. The van der Waals surface area contributed by atoms with Gasteiger partial charge in [-0.15, -0.1) is 0 Å². The van der Waals surface area contributed by atoms with Gasteiger partial charge >= 0.3 is 7.12 Å². The van der Waals surface area contributed by atoms with E-state index in [1.54, 1.807) is 25.3 Å². The van der Waals surface area contributed by atoms with Gasteiger partial charge in [-0.2, -0.15) is 0 Å². The maximum absolute atomic E-state index is 8.83. The summed E-state index contributed by atoms with van der Waals surface area (Å²) in [6, 6.07) is 5.02. The summed E-state index contributed by atoms with van der Waals surface area (Å²) < 4.78 is 5.95. The lowest BCUT2D eigenvalue weighted by molar-refractivity contribution is 0.409. The van der Waals surface area contributed by atoms with Crippen LogP contribution >= 0.6 is 22.6 Å². The van der Waals surface area contributed by atoms with Crippen LogP contribution in [0.25, 0.3) is 0 Å². The third-order valence-electron chi connectivity index (χ3n) is 1.47. The van der Waals surface area contributed by atoms with Crippen LogP contribution in [0.15, 0.2) is 18.2 Å². The van der Waals surface area contributed by atoms with Crippen molar-refractivity contribution in [1.29, 1.82) is 0 Å². The fraction of sp³-hybridized carbons (Fsp3) is 0.143. The van der Waals surface area contributed by atoms with Gasteiger partial charge in [0.2, 0.25) is 0 Å². The Morgan fingerprint density at radius 1 is 1.42 bits per heavy atom. The van der Waals surface area contributed by atoms with Crippen LogP contribution < -0.4 is 10.2 Å². The molecule has 0 aliphatic heterocycles. The Morgan fingerprint density at radius 2 is 2.08 bits per heavy atom. The van der Waals surface area contributed by atoms with E-state index < -0.39 is 7.12 Å². The maximum atomic E-state index is 8.83. The molecule has 12 heavy (non-hydrogen) atoms. The molecule has 0 heterocycles. The molecule has 0 atom stereocenters. The molecule has 64 valence electrons. The zero-order valence-corrected chi connectivity index (χ0v) is 8.65. The zero-order valence-electron chi connectivity index (χ0n) is 6.49. The van der Waals surface area contributed by atoms with E-state index >= 15 is 0 Å². The van der Waals surface area contributed by atoms with Gasteiger partial charge < -0.3 is 14.8 Å². The van der Waals surface area contributed by atoms with E-state index in [9.17, 15) is 0 Å². The summed E-state index contributed by atoms with van der Waals surface area (Å²) in [4.78, 5) is 0. The fourth-order valence-electron chi connectivity index (χ4n) is 0.837. The minimum absolute atomic E-state index is 0.437. The summed E-state index contributed by atoms with van der Waals surface area (Å²) in [6.45, 7) is 0. The van der Waals surface area contributed by atoms with Gasteiger partial charge in [-0.3, -0.25) is 0 Å². The summed E-state index contributed by atoms with van der Waals surface area (Å²) in [5.74, 6) is 0.654. The number of benzene rings is 1.